The summed E-state index contributed by atoms with van der Waals surface area (Å²) in [5.74, 6) is 0. The molecule has 17 heavy (non-hydrogen) atoms. The van der Waals surface area contributed by atoms with E-state index in [-0.39, 0.29) is 0 Å². The summed E-state index contributed by atoms with van der Waals surface area (Å²) in [6.07, 6.45) is 1.94. The van der Waals surface area contributed by atoms with Gasteiger partial charge in [0.15, 0.2) is 0 Å². The lowest BCUT2D eigenvalue weighted by molar-refractivity contribution is 0.817. The van der Waals surface area contributed by atoms with Gasteiger partial charge in [-0.2, -0.15) is 0 Å². The van der Waals surface area contributed by atoms with Crippen LogP contribution in [0.1, 0.15) is 16.8 Å². The van der Waals surface area contributed by atoms with Crippen molar-refractivity contribution >= 4 is 0 Å². The highest BCUT2D eigenvalue weighted by molar-refractivity contribution is 5.66. The van der Waals surface area contributed by atoms with Crippen LogP contribution in [0, 0.1) is 13.8 Å². The van der Waals surface area contributed by atoms with Crippen molar-refractivity contribution in [1.82, 2.24) is 10.3 Å². The monoisotopic (exact) mass is 226 g/mol. The van der Waals surface area contributed by atoms with E-state index >= 15 is 0 Å². The maximum absolute atomic E-state index is 4.34. The lowest BCUT2D eigenvalue weighted by Crippen LogP contribution is -2.05. The van der Waals surface area contributed by atoms with Crippen LogP contribution in [0.2, 0.25) is 0 Å². The van der Waals surface area contributed by atoms with E-state index in [0.717, 1.165) is 12.2 Å². The van der Waals surface area contributed by atoms with Gasteiger partial charge in [-0.3, -0.25) is 4.98 Å². The third-order valence-corrected chi connectivity index (χ3v) is 2.89. The van der Waals surface area contributed by atoms with Gasteiger partial charge < -0.3 is 5.32 Å². The number of hydrogen-bond acceptors (Lipinski definition) is 2. The molecule has 0 aliphatic carbocycles. The minimum atomic E-state index is 0.910. The van der Waals surface area contributed by atoms with Gasteiger partial charge in [-0.05, 0) is 43.7 Å². The molecule has 0 spiro atoms. The van der Waals surface area contributed by atoms with E-state index in [1.165, 1.54) is 22.3 Å². The van der Waals surface area contributed by atoms with Crippen LogP contribution < -0.4 is 5.32 Å². The first-order valence-corrected chi connectivity index (χ1v) is 5.88. The number of rotatable bonds is 3. The van der Waals surface area contributed by atoms with Crippen molar-refractivity contribution in [2.45, 2.75) is 20.4 Å². The Kier molecular flexibility index (Phi) is 3.55. The molecule has 0 saturated heterocycles. The Morgan fingerprint density at radius 1 is 1.12 bits per heavy atom. The molecule has 1 heterocycles. The first-order valence-electron chi connectivity index (χ1n) is 5.88. The fourth-order valence-corrected chi connectivity index (χ4v) is 1.99. The topological polar surface area (TPSA) is 24.9 Å². The zero-order chi connectivity index (χ0) is 12.3. The molecule has 0 aliphatic rings. The van der Waals surface area contributed by atoms with Crippen molar-refractivity contribution < 1.29 is 0 Å². The number of nitrogens with one attached hydrogen (secondary N) is 1. The normalized spacial score (nSPS) is 10.5. The number of pyridine rings is 1. The van der Waals surface area contributed by atoms with Crippen molar-refractivity contribution in [1.29, 1.82) is 0 Å². The summed E-state index contributed by atoms with van der Waals surface area (Å²) in [5, 5.41) is 3.17. The highest BCUT2D eigenvalue weighted by atomic mass is 14.8. The number of benzene rings is 1. The highest BCUT2D eigenvalue weighted by Gasteiger charge is 2.03. The molecule has 0 bridgehead atoms. The van der Waals surface area contributed by atoms with Crippen molar-refractivity contribution in [3.63, 3.8) is 0 Å². The first kappa shape index (κ1) is 11.8. The first-order chi connectivity index (χ1) is 8.20. The summed E-state index contributed by atoms with van der Waals surface area (Å²) in [6.45, 7) is 5.06. The number of hydrogen-bond donors (Lipinski definition) is 1. The number of aromatic nitrogens is 1. The highest BCUT2D eigenvalue weighted by Crippen LogP contribution is 2.23. The van der Waals surface area contributed by atoms with Crippen molar-refractivity contribution in [2.75, 3.05) is 7.05 Å². The van der Waals surface area contributed by atoms with E-state index < -0.39 is 0 Å². The van der Waals surface area contributed by atoms with Gasteiger partial charge in [-0.25, -0.2) is 0 Å². The summed E-state index contributed by atoms with van der Waals surface area (Å²) < 4.78 is 0. The molecule has 0 saturated carbocycles. The van der Waals surface area contributed by atoms with Gasteiger partial charge in [0.25, 0.3) is 0 Å². The van der Waals surface area contributed by atoms with E-state index in [9.17, 15) is 0 Å². The second-order valence-electron chi connectivity index (χ2n) is 4.37. The van der Waals surface area contributed by atoms with E-state index in [2.05, 4.69) is 47.6 Å². The second kappa shape index (κ2) is 5.11. The molecular formula is C15H18N2. The van der Waals surface area contributed by atoms with Gasteiger partial charge in [0.05, 0.1) is 0 Å². The van der Waals surface area contributed by atoms with E-state index in [0.29, 0.717) is 0 Å². The van der Waals surface area contributed by atoms with Crippen LogP contribution in [0.15, 0.2) is 36.5 Å². The molecule has 2 heteroatoms. The van der Waals surface area contributed by atoms with Crippen LogP contribution in [0.5, 0.6) is 0 Å². The van der Waals surface area contributed by atoms with Gasteiger partial charge in [0.1, 0.15) is 0 Å². The lowest BCUT2D eigenvalue weighted by Gasteiger charge is -2.08. The quantitative estimate of drug-likeness (QED) is 0.870. The zero-order valence-corrected chi connectivity index (χ0v) is 10.6. The predicted octanol–water partition coefficient (Wildman–Crippen LogP) is 3.08. The molecular weight excluding hydrogens is 208 g/mol. The molecule has 0 amide bonds. The Morgan fingerprint density at radius 3 is 2.53 bits per heavy atom. The zero-order valence-electron chi connectivity index (χ0n) is 10.6. The van der Waals surface area contributed by atoms with Gasteiger partial charge in [-0.1, -0.05) is 24.3 Å². The van der Waals surface area contributed by atoms with Crippen molar-refractivity contribution in [3.8, 4) is 11.1 Å². The Morgan fingerprint density at radius 2 is 1.94 bits per heavy atom. The van der Waals surface area contributed by atoms with Crippen molar-refractivity contribution in [2.24, 2.45) is 0 Å². The standard InChI is InChI=1S/C15H18N2/c1-11-8-13(9-16-3)5-7-15(11)14-6-4-12(2)17-10-14/h4-8,10,16H,9H2,1-3H3. The molecule has 2 aromatic rings. The molecule has 0 radical (unpaired) electrons. The van der Waals surface area contributed by atoms with Crippen LogP contribution >= 0.6 is 0 Å². The largest absolute Gasteiger partial charge is 0.316 e. The molecule has 0 unspecified atom stereocenters. The molecule has 0 aliphatic heterocycles. The lowest BCUT2D eigenvalue weighted by atomic mass is 9.99. The average molecular weight is 226 g/mol. The summed E-state index contributed by atoms with van der Waals surface area (Å²) in [4.78, 5) is 4.34. The van der Waals surface area contributed by atoms with Gasteiger partial charge in [0, 0.05) is 24.0 Å². The van der Waals surface area contributed by atoms with Gasteiger partial charge in [-0.15, -0.1) is 0 Å². The number of aryl methyl sites for hydroxylation is 2. The number of nitrogens with zero attached hydrogens (tertiary/aromatic N) is 1. The molecule has 2 nitrogen and oxygen atoms in total. The van der Waals surface area contributed by atoms with E-state index in [1.807, 2.05) is 20.2 Å². The van der Waals surface area contributed by atoms with Crippen LogP contribution in [-0.2, 0) is 6.54 Å². The Balaban J connectivity index is 2.36. The maximum Gasteiger partial charge on any atom is 0.0373 e. The Bertz CT molecular complexity index is 501. The minimum Gasteiger partial charge on any atom is -0.316 e. The molecule has 1 N–H and O–H groups in total. The van der Waals surface area contributed by atoms with E-state index in [1.54, 1.807) is 0 Å². The summed E-state index contributed by atoms with van der Waals surface area (Å²) in [6, 6.07) is 10.7. The van der Waals surface area contributed by atoms with Crippen LogP contribution in [0.4, 0.5) is 0 Å². The van der Waals surface area contributed by atoms with Crippen LogP contribution in [0.3, 0.4) is 0 Å². The van der Waals surface area contributed by atoms with E-state index in [4.69, 9.17) is 0 Å². The van der Waals surface area contributed by atoms with Gasteiger partial charge in [0.2, 0.25) is 0 Å². The summed E-state index contributed by atoms with van der Waals surface area (Å²) in [5.41, 5.74) is 6.11. The Labute approximate surface area is 103 Å². The van der Waals surface area contributed by atoms with Crippen molar-refractivity contribution in [3.05, 3.63) is 53.3 Å². The molecule has 0 fully saturated rings. The summed E-state index contributed by atoms with van der Waals surface area (Å²) >= 11 is 0. The molecule has 2 rings (SSSR count). The maximum atomic E-state index is 4.34. The average Bonchev–Trinajstić information content (AvgIpc) is 2.31. The third-order valence-electron chi connectivity index (χ3n) is 2.89. The smallest absolute Gasteiger partial charge is 0.0373 e. The third kappa shape index (κ3) is 2.71. The fourth-order valence-electron chi connectivity index (χ4n) is 1.99. The molecule has 1 aromatic carbocycles. The van der Waals surface area contributed by atoms with Gasteiger partial charge >= 0.3 is 0 Å². The molecule has 1 aromatic heterocycles. The predicted molar refractivity (Wildman–Crippen MR) is 71.9 cm³/mol. The second-order valence-corrected chi connectivity index (χ2v) is 4.37. The van der Waals surface area contributed by atoms with Crippen LogP contribution in [0.25, 0.3) is 11.1 Å². The minimum absolute atomic E-state index is 0.910. The molecule has 88 valence electrons. The SMILES string of the molecule is CNCc1ccc(-c2ccc(C)nc2)c(C)c1. The summed E-state index contributed by atoms with van der Waals surface area (Å²) in [7, 11) is 1.97. The molecule has 0 atom stereocenters. The Hall–Kier alpha value is -1.67. The van der Waals surface area contributed by atoms with Crippen LogP contribution in [-0.4, -0.2) is 12.0 Å². The fraction of sp³-hybridized carbons (Fsp3) is 0.267.